The van der Waals surface area contributed by atoms with E-state index in [9.17, 15) is 9.59 Å². The number of ether oxygens (including phenoxy) is 1. The molecule has 0 spiro atoms. The number of carbonyl (C=O) groups excluding carboxylic acids is 2. The zero-order chi connectivity index (χ0) is 26.1. The van der Waals surface area contributed by atoms with Crippen molar-refractivity contribution in [3.05, 3.63) is 99.6 Å². The Morgan fingerprint density at radius 3 is 2.39 bits per heavy atom. The molecule has 0 unspecified atom stereocenters. The highest BCUT2D eigenvalue weighted by Crippen LogP contribution is 2.24. The molecule has 0 fully saturated rings. The molecule has 0 heterocycles. The van der Waals surface area contributed by atoms with Crippen LogP contribution in [0.25, 0.3) is 0 Å². The molecule has 1 atom stereocenters. The number of halogens is 1. The Kier molecular flexibility index (Phi) is 9.95. The summed E-state index contributed by atoms with van der Waals surface area (Å²) in [5, 5.41) is 3.53. The fraction of sp³-hybridized carbons (Fsp3) is 0.333. The fourth-order valence-electron chi connectivity index (χ4n) is 4.10. The maximum atomic E-state index is 13.7. The summed E-state index contributed by atoms with van der Waals surface area (Å²) >= 11 is 6.46. The lowest BCUT2D eigenvalue weighted by atomic mass is 10.0. The van der Waals surface area contributed by atoms with Gasteiger partial charge in [0.05, 0.1) is 0 Å². The smallest absolute Gasteiger partial charge is 0.261 e. The van der Waals surface area contributed by atoms with Crippen LogP contribution in [0.1, 0.15) is 41.2 Å². The molecule has 0 saturated heterocycles. The van der Waals surface area contributed by atoms with E-state index in [0.29, 0.717) is 23.7 Å². The highest BCUT2D eigenvalue weighted by Gasteiger charge is 2.31. The number of nitrogens with one attached hydrogen (secondary N) is 1. The number of rotatable bonds is 11. The second kappa shape index (κ2) is 13.1. The van der Waals surface area contributed by atoms with Gasteiger partial charge >= 0.3 is 0 Å². The maximum absolute atomic E-state index is 13.7. The molecule has 3 aromatic carbocycles. The van der Waals surface area contributed by atoms with E-state index in [-0.39, 0.29) is 25.0 Å². The van der Waals surface area contributed by atoms with Crippen LogP contribution in [0.2, 0.25) is 5.02 Å². The number of benzene rings is 3. The van der Waals surface area contributed by atoms with E-state index in [2.05, 4.69) is 11.4 Å². The first-order chi connectivity index (χ1) is 17.3. The molecule has 5 nitrogen and oxygen atoms in total. The lowest BCUT2D eigenvalue weighted by molar-refractivity contribution is -0.142. The molecule has 3 aromatic rings. The second-order valence-electron chi connectivity index (χ2n) is 9.10. The summed E-state index contributed by atoms with van der Waals surface area (Å²) in [6, 6.07) is 20.4. The number of nitrogens with zero attached hydrogens (tertiary/aromatic N) is 1. The molecule has 0 radical (unpaired) electrons. The van der Waals surface area contributed by atoms with Gasteiger partial charge in [0, 0.05) is 24.5 Å². The van der Waals surface area contributed by atoms with Gasteiger partial charge in [-0.2, -0.15) is 0 Å². The molecule has 3 rings (SSSR count). The van der Waals surface area contributed by atoms with Crippen molar-refractivity contribution in [2.45, 2.75) is 53.1 Å². The van der Waals surface area contributed by atoms with Gasteiger partial charge in [0.25, 0.3) is 5.91 Å². The second-order valence-corrected chi connectivity index (χ2v) is 9.51. The summed E-state index contributed by atoms with van der Waals surface area (Å²) in [5.74, 6) is 0.207. The minimum atomic E-state index is -0.716. The van der Waals surface area contributed by atoms with Gasteiger partial charge in [-0.05, 0) is 67.1 Å². The summed E-state index contributed by atoms with van der Waals surface area (Å²) in [4.78, 5) is 28.7. The third-order valence-electron chi connectivity index (χ3n) is 6.23. The zero-order valence-corrected chi connectivity index (χ0v) is 22.3. The average Bonchev–Trinajstić information content (AvgIpc) is 2.87. The van der Waals surface area contributed by atoms with E-state index < -0.39 is 6.04 Å². The average molecular weight is 507 g/mol. The van der Waals surface area contributed by atoms with Crippen LogP contribution in [0.15, 0.2) is 66.7 Å². The van der Waals surface area contributed by atoms with E-state index in [4.69, 9.17) is 16.3 Å². The highest BCUT2D eigenvalue weighted by atomic mass is 35.5. The first-order valence-corrected chi connectivity index (χ1v) is 12.7. The number of hydrogen-bond donors (Lipinski definition) is 1. The zero-order valence-electron chi connectivity index (χ0n) is 21.5. The third-order valence-corrected chi connectivity index (χ3v) is 6.60. The summed E-state index contributed by atoms with van der Waals surface area (Å²) in [6.07, 6.45) is 1.19. The fourth-order valence-corrected chi connectivity index (χ4v) is 4.30. The lowest BCUT2D eigenvalue weighted by Gasteiger charge is -2.32. The molecule has 6 heteroatoms. The van der Waals surface area contributed by atoms with Crippen molar-refractivity contribution in [3.8, 4) is 5.75 Å². The van der Waals surface area contributed by atoms with Crippen molar-refractivity contribution < 1.29 is 14.3 Å². The minimum Gasteiger partial charge on any atom is -0.483 e. The number of amides is 2. The van der Waals surface area contributed by atoms with Crippen LogP contribution in [0.5, 0.6) is 5.75 Å². The summed E-state index contributed by atoms with van der Waals surface area (Å²) < 4.78 is 6.01. The molecule has 2 amide bonds. The molecule has 0 aliphatic rings. The number of aryl methyl sites for hydroxylation is 2. The molecule has 0 aromatic heterocycles. The van der Waals surface area contributed by atoms with Crippen molar-refractivity contribution in [2.24, 2.45) is 0 Å². The Bertz CT molecular complexity index is 1180. The molecule has 0 aliphatic carbocycles. The van der Waals surface area contributed by atoms with E-state index in [0.717, 1.165) is 34.2 Å². The first-order valence-electron chi connectivity index (χ1n) is 12.3. The molecular formula is C30H35ClN2O3. The van der Waals surface area contributed by atoms with Gasteiger partial charge in [0.2, 0.25) is 5.91 Å². The van der Waals surface area contributed by atoms with E-state index >= 15 is 0 Å². The minimum absolute atomic E-state index is 0.180. The molecule has 36 heavy (non-hydrogen) atoms. The maximum Gasteiger partial charge on any atom is 0.261 e. The van der Waals surface area contributed by atoms with Crippen molar-refractivity contribution >= 4 is 23.4 Å². The van der Waals surface area contributed by atoms with Crippen molar-refractivity contribution in [1.82, 2.24) is 10.2 Å². The monoisotopic (exact) mass is 506 g/mol. The first kappa shape index (κ1) is 27.3. The number of carbonyl (C=O) groups is 2. The van der Waals surface area contributed by atoms with Gasteiger partial charge in [0.1, 0.15) is 11.8 Å². The van der Waals surface area contributed by atoms with Crippen LogP contribution in [-0.2, 0) is 22.6 Å². The van der Waals surface area contributed by atoms with Gasteiger partial charge in [-0.25, -0.2) is 0 Å². The largest absolute Gasteiger partial charge is 0.483 e. The topological polar surface area (TPSA) is 58.6 Å². The van der Waals surface area contributed by atoms with Crippen LogP contribution >= 0.6 is 11.6 Å². The third kappa shape index (κ3) is 7.34. The summed E-state index contributed by atoms with van der Waals surface area (Å²) in [7, 11) is 0. The molecule has 1 N–H and O–H groups in total. The Hall–Kier alpha value is -3.31. The van der Waals surface area contributed by atoms with Gasteiger partial charge in [-0.3, -0.25) is 9.59 Å². The Balaban J connectivity index is 1.93. The van der Waals surface area contributed by atoms with E-state index in [1.165, 1.54) is 0 Å². The molecule has 190 valence electrons. The quantitative estimate of drug-likeness (QED) is 0.357. The number of hydrogen-bond acceptors (Lipinski definition) is 3. The Morgan fingerprint density at radius 1 is 1.00 bits per heavy atom. The van der Waals surface area contributed by atoms with Crippen LogP contribution in [0.4, 0.5) is 0 Å². The van der Waals surface area contributed by atoms with Crippen LogP contribution in [-0.4, -0.2) is 35.9 Å². The predicted molar refractivity (Wildman–Crippen MR) is 145 cm³/mol. The summed E-state index contributed by atoms with van der Waals surface area (Å²) in [5.41, 5.74) is 4.90. The highest BCUT2D eigenvalue weighted by molar-refractivity contribution is 6.31. The SMILES string of the molecule is CCCNC(=O)[C@@H](Cc1ccccc1)N(Cc1ccccc1Cl)C(=O)COc1cc(C)cc(C)c1C. The van der Waals surface area contributed by atoms with Crippen molar-refractivity contribution in [3.63, 3.8) is 0 Å². The van der Waals surface area contributed by atoms with Crippen molar-refractivity contribution in [2.75, 3.05) is 13.2 Å². The lowest BCUT2D eigenvalue weighted by Crippen LogP contribution is -2.51. The molecule has 0 bridgehead atoms. The standard InChI is InChI=1S/C30H35ClN2O3/c1-5-15-32-30(35)27(18-24-11-7-6-8-12-24)33(19-25-13-9-10-14-26(25)31)29(34)20-36-28-17-21(2)16-22(3)23(28)4/h6-14,16-17,27H,5,15,18-20H2,1-4H3,(H,32,35)/t27-/m1/s1. The molecular weight excluding hydrogens is 472 g/mol. The normalized spacial score (nSPS) is 11.6. The summed E-state index contributed by atoms with van der Waals surface area (Å²) in [6.45, 7) is 8.56. The van der Waals surface area contributed by atoms with Gasteiger partial charge in [0.15, 0.2) is 6.61 Å². The van der Waals surface area contributed by atoms with E-state index in [1.807, 2.05) is 82.3 Å². The molecule has 0 saturated carbocycles. The van der Waals surface area contributed by atoms with Gasteiger partial charge in [-0.1, -0.05) is 73.1 Å². The predicted octanol–water partition coefficient (Wildman–Crippen LogP) is 5.81. The van der Waals surface area contributed by atoms with Crippen LogP contribution in [0, 0.1) is 20.8 Å². The van der Waals surface area contributed by atoms with Gasteiger partial charge < -0.3 is 15.0 Å². The Morgan fingerprint density at radius 2 is 1.69 bits per heavy atom. The van der Waals surface area contributed by atoms with Crippen LogP contribution in [0.3, 0.4) is 0 Å². The van der Waals surface area contributed by atoms with E-state index in [1.54, 1.807) is 11.0 Å². The van der Waals surface area contributed by atoms with Crippen molar-refractivity contribution in [1.29, 1.82) is 0 Å². The molecule has 0 aliphatic heterocycles. The Labute approximate surface area is 219 Å². The van der Waals surface area contributed by atoms with Gasteiger partial charge in [-0.15, -0.1) is 0 Å². The van der Waals surface area contributed by atoms with Crippen LogP contribution < -0.4 is 10.1 Å².